The minimum absolute atomic E-state index is 0.0804. The van der Waals surface area contributed by atoms with Gasteiger partial charge < -0.3 is 14.4 Å². The highest BCUT2D eigenvalue weighted by molar-refractivity contribution is 5.96. The molecule has 20 heavy (non-hydrogen) atoms. The van der Waals surface area contributed by atoms with Crippen LogP contribution in [0.4, 0.5) is 0 Å². The Morgan fingerprint density at radius 1 is 1.50 bits per heavy atom. The maximum atomic E-state index is 12.3. The maximum absolute atomic E-state index is 12.3. The molecular weight excluding hydrogens is 258 g/mol. The smallest absolute Gasteiger partial charge is 0.339 e. The fraction of sp³-hybridized carbons (Fsp3) is 0.467. The fourth-order valence-electron chi connectivity index (χ4n) is 2.47. The summed E-state index contributed by atoms with van der Waals surface area (Å²) in [7, 11) is 0. The summed E-state index contributed by atoms with van der Waals surface area (Å²) in [4.78, 5) is 25.1. The number of nitrogens with zero attached hydrogens (tertiary/aromatic N) is 1. The van der Waals surface area contributed by atoms with E-state index in [1.807, 2.05) is 6.08 Å². The molecular formula is C15H19NO4. The van der Waals surface area contributed by atoms with Gasteiger partial charge in [0.05, 0.1) is 0 Å². The van der Waals surface area contributed by atoms with E-state index < -0.39 is 5.97 Å². The number of amides is 1. The van der Waals surface area contributed by atoms with E-state index in [1.165, 1.54) is 6.07 Å². The molecule has 5 heteroatoms. The molecule has 108 valence electrons. The summed E-state index contributed by atoms with van der Waals surface area (Å²) in [6.07, 6.45) is 4.16. The zero-order valence-corrected chi connectivity index (χ0v) is 11.6. The van der Waals surface area contributed by atoms with Crippen LogP contribution in [0.15, 0.2) is 23.1 Å². The highest BCUT2D eigenvalue weighted by Gasteiger charge is 2.26. The van der Waals surface area contributed by atoms with Crippen molar-refractivity contribution in [1.82, 2.24) is 4.90 Å². The Morgan fingerprint density at radius 3 is 2.60 bits per heavy atom. The molecule has 1 aliphatic heterocycles. The molecule has 0 atom stereocenters. The van der Waals surface area contributed by atoms with Crippen LogP contribution < -0.4 is 0 Å². The lowest BCUT2D eigenvalue weighted by molar-refractivity contribution is 0.0667. The van der Waals surface area contributed by atoms with Crippen LogP contribution in [0.5, 0.6) is 0 Å². The fourth-order valence-corrected chi connectivity index (χ4v) is 2.47. The first kappa shape index (κ1) is 14.4. The third kappa shape index (κ3) is 2.76. The molecule has 1 fully saturated rings. The van der Waals surface area contributed by atoms with Gasteiger partial charge in [0.2, 0.25) is 0 Å². The van der Waals surface area contributed by atoms with Crippen molar-refractivity contribution < 1.29 is 19.1 Å². The first-order valence-corrected chi connectivity index (χ1v) is 6.84. The lowest BCUT2D eigenvalue weighted by Gasteiger charge is -2.29. The molecule has 2 rings (SSSR count). The average molecular weight is 277 g/mol. The summed E-state index contributed by atoms with van der Waals surface area (Å²) < 4.78 is 5.40. The van der Waals surface area contributed by atoms with Gasteiger partial charge in [-0.15, -0.1) is 6.58 Å². The first-order valence-electron chi connectivity index (χ1n) is 6.84. The minimum atomic E-state index is -1.06. The molecule has 1 aliphatic rings. The molecule has 1 aromatic rings. The van der Waals surface area contributed by atoms with Gasteiger partial charge in [-0.05, 0) is 18.8 Å². The van der Waals surface area contributed by atoms with Crippen molar-refractivity contribution in [3.63, 3.8) is 0 Å². The van der Waals surface area contributed by atoms with Crippen molar-refractivity contribution in [3.05, 3.63) is 35.8 Å². The van der Waals surface area contributed by atoms with Gasteiger partial charge in [-0.25, -0.2) is 4.79 Å². The number of furan rings is 1. The predicted octanol–water partition coefficient (Wildman–Crippen LogP) is 2.58. The molecule has 5 nitrogen and oxygen atoms in total. The Balaban J connectivity index is 2.13. The molecule has 2 heterocycles. The SMILES string of the molecule is C=CC1CCN(C(=O)c2cc(C(=O)O)c(CC)o2)CC1. The number of rotatable bonds is 4. The van der Waals surface area contributed by atoms with Crippen LogP contribution in [0.3, 0.4) is 0 Å². The molecule has 1 saturated heterocycles. The van der Waals surface area contributed by atoms with Crippen LogP contribution in [-0.2, 0) is 6.42 Å². The standard InChI is InChI=1S/C15H19NO4/c1-3-10-5-7-16(8-6-10)14(17)13-9-11(15(18)19)12(4-2)20-13/h3,9-10H,1,4-8H2,2H3,(H,18,19). The molecule has 0 bridgehead atoms. The van der Waals surface area contributed by atoms with Gasteiger partial charge in [-0.1, -0.05) is 13.0 Å². The Morgan fingerprint density at radius 2 is 2.15 bits per heavy atom. The third-order valence-electron chi connectivity index (χ3n) is 3.73. The Kier molecular flexibility index (Phi) is 4.27. The largest absolute Gasteiger partial charge is 0.478 e. The Labute approximate surface area is 117 Å². The maximum Gasteiger partial charge on any atom is 0.339 e. The van der Waals surface area contributed by atoms with Gasteiger partial charge in [0, 0.05) is 25.6 Å². The topological polar surface area (TPSA) is 70.8 Å². The van der Waals surface area contributed by atoms with Gasteiger partial charge >= 0.3 is 5.97 Å². The van der Waals surface area contributed by atoms with Gasteiger partial charge in [0.1, 0.15) is 11.3 Å². The van der Waals surface area contributed by atoms with Crippen LogP contribution >= 0.6 is 0 Å². The highest BCUT2D eigenvalue weighted by atomic mass is 16.4. The number of carboxylic acid groups (broad SMARTS) is 1. The first-order chi connectivity index (χ1) is 9.56. The molecule has 1 N–H and O–H groups in total. The predicted molar refractivity (Wildman–Crippen MR) is 73.9 cm³/mol. The summed E-state index contributed by atoms with van der Waals surface area (Å²) in [6, 6.07) is 1.34. The van der Waals surface area contributed by atoms with Crippen molar-refractivity contribution in [3.8, 4) is 0 Å². The number of piperidine rings is 1. The number of carbonyl (C=O) groups excluding carboxylic acids is 1. The summed E-state index contributed by atoms with van der Waals surface area (Å²) in [5.74, 6) is -0.362. The number of likely N-dealkylation sites (tertiary alicyclic amines) is 1. The van der Waals surface area contributed by atoms with Gasteiger partial charge in [0.25, 0.3) is 5.91 Å². The lowest BCUT2D eigenvalue weighted by Crippen LogP contribution is -2.37. The lowest BCUT2D eigenvalue weighted by atomic mass is 9.97. The van der Waals surface area contributed by atoms with E-state index in [0.717, 1.165) is 12.8 Å². The normalized spacial score (nSPS) is 16.1. The van der Waals surface area contributed by atoms with Crippen LogP contribution in [0.25, 0.3) is 0 Å². The van der Waals surface area contributed by atoms with Crippen LogP contribution in [0.1, 0.15) is 46.4 Å². The van der Waals surface area contributed by atoms with E-state index in [-0.39, 0.29) is 17.2 Å². The summed E-state index contributed by atoms with van der Waals surface area (Å²) >= 11 is 0. The van der Waals surface area contributed by atoms with Gasteiger partial charge in [-0.3, -0.25) is 4.79 Å². The number of aryl methyl sites for hydroxylation is 1. The molecule has 1 aromatic heterocycles. The summed E-state index contributed by atoms with van der Waals surface area (Å²) in [5.41, 5.74) is 0.0804. The molecule has 0 aliphatic carbocycles. The molecule has 1 amide bonds. The summed E-state index contributed by atoms with van der Waals surface area (Å²) in [5, 5.41) is 9.07. The second-order valence-electron chi connectivity index (χ2n) is 4.97. The Hall–Kier alpha value is -2.04. The molecule has 0 spiro atoms. The van der Waals surface area contributed by atoms with E-state index >= 15 is 0 Å². The van der Waals surface area contributed by atoms with Crippen LogP contribution in [-0.4, -0.2) is 35.0 Å². The van der Waals surface area contributed by atoms with Crippen molar-refractivity contribution in [2.24, 2.45) is 5.92 Å². The van der Waals surface area contributed by atoms with E-state index in [9.17, 15) is 9.59 Å². The Bertz CT molecular complexity index is 524. The van der Waals surface area contributed by atoms with Gasteiger partial charge in [-0.2, -0.15) is 0 Å². The molecule has 0 radical (unpaired) electrons. The number of aromatic carboxylic acids is 1. The molecule has 0 saturated carbocycles. The van der Waals surface area contributed by atoms with E-state index in [4.69, 9.17) is 9.52 Å². The average Bonchev–Trinajstić information content (AvgIpc) is 2.91. The van der Waals surface area contributed by atoms with E-state index in [0.29, 0.717) is 31.2 Å². The van der Waals surface area contributed by atoms with Crippen molar-refractivity contribution in [1.29, 1.82) is 0 Å². The van der Waals surface area contributed by atoms with E-state index in [2.05, 4.69) is 6.58 Å². The third-order valence-corrected chi connectivity index (χ3v) is 3.73. The van der Waals surface area contributed by atoms with Crippen molar-refractivity contribution in [2.45, 2.75) is 26.2 Å². The second-order valence-corrected chi connectivity index (χ2v) is 4.97. The molecule has 0 unspecified atom stereocenters. The monoisotopic (exact) mass is 277 g/mol. The number of hydrogen-bond donors (Lipinski definition) is 1. The summed E-state index contributed by atoms with van der Waals surface area (Å²) in [6.45, 7) is 6.88. The van der Waals surface area contributed by atoms with E-state index in [1.54, 1.807) is 11.8 Å². The van der Waals surface area contributed by atoms with Crippen molar-refractivity contribution in [2.75, 3.05) is 13.1 Å². The minimum Gasteiger partial charge on any atom is -0.478 e. The highest BCUT2D eigenvalue weighted by Crippen LogP contribution is 2.22. The number of carbonyl (C=O) groups is 2. The zero-order chi connectivity index (χ0) is 14.7. The van der Waals surface area contributed by atoms with Gasteiger partial charge in [0.15, 0.2) is 5.76 Å². The van der Waals surface area contributed by atoms with Crippen LogP contribution in [0.2, 0.25) is 0 Å². The number of allylic oxidation sites excluding steroid dienone is 1. The quantitative estimate of drug-likeness (QED) is 0.859. The zero-order valence-electron chi connectivity index (χ0n) is 11.6. The second kappa shape index (κ2) is 5.94. The number of carboxylic acids is 1. The van der Waals surface area contributed by atoms with Crippen molar-refractivity contribution >= 4 is 11.9 Å². The number of hydrogen-bond acceptors (Lipinski definition) is 3. The molecule has 0 aromatic carbocycles. The van der Waals surface area contributed by atoms with Crippen LogP contribution in [0, 0.1) is 5.92 Å².